The van der Waals surface area contributed by atoms with Crippen molar-refractivity contribution in [3.63, 3.8) is 0 Å². The van der Waals surface area contributed by atoms with E-state index in [1.807, 2.05) is 31.2 Å². The van der Waals surface area contributed by atoms with Gasteiger partial charge in [-0.05, 0) is 73.7 Å². The highest BCUT2D eigenvalue weighted by Crippen LogP contribution is 2.33. The first-order valence-corrected chi connectivity index (χ1v) is 10.7. The number of nitrogen functional groups attached to an aromatic ring is 1. The van der Waals surface area contributed by atoms with Gasteiger partial charge in [-0.15, -0.1) is 0 Å². The second kappa shape index (κ2) is 7.23. The van der Waals surface area contributed by atoms with Crippen LogP contribution in [0, 0.1) is 6.92 Å². The number of nitrogens with zero attached hydrogens (tertiary/aromatic N) is 6. The fraction of sp³-hybridized carbons (Fsp3) is 0.160. The van der Waals surface area contributed by atoms with E-state index in [0.717, 1.165) is 58.2 Å². The predicted octanol–water partition coefficient (Wildman–Crippen LogP) is 4.32. The Kier molecular flexibility index (Phi) is 4.21. The van der Waals surface area contributed by atoms with Crippen LogP contribution in [0.1, 0.15) is 23.2 Å². The molecule has 32 heavy (non-hydrogen) atoms. The predicted molar refractivity (Wildman–Crippen MR) is 124 cm³/mol. The summed E-state index contributed by atoms with van der Waals surface area (Å²) in [6, 6.07) is 14.3. The molecule has 0 bridgehead atoms. The maximum Gasteiger partial charge on any atom is 0.165 e. The lowest BCUT2D eigenvalue weighted by Crippen LogP contribution is -2.03. The number of pyridine rings is 2. The molecule has 0 atom stereocenters. The summed E-state index contributed by atoms with van der Waals surface area (Å²) < 4.78 is 2.08. The first-order valence-electron chi connectivity index (χ1n) is 10.7. The lowest BCUT2D eigenvalue weighted by molar-refractivity contribution is 0.911. The summed E-state index contributed by atoms with van der Waals surface area (Å²) in [6.07, 6.45) is 8.58. The van der Waals surface area contributed by atoms with E-state index < -0.39 is 0 Å². The standard InChI is InChI=1S/C25H21N7/c1-15-13-27-14-22(29-15)20-9-10-21-25(30-20)32(18-8-7-16-4-2-5-17(16)12-18)24(31-21)19-6-3-11-28-23(19)26/h3,6-14H,2,4-5H2,1H3,(H2,26,28). The largest absolute Gasteiger partial charge is 0.383 e. The van der Waals surface area contributed by atoms with Gasteiger partial charge in [-0.2, -0.15) is 0 Å². The van der Waals surface area contributed by atoms with E-state index in [9.17, 15) is 0 Å². The lowest BCUT2D eigenvalue weighted by atomic mass is 10.1. The van der Waals surface area contributed by atoms with E-state index in [1.165, 1.54) is 17.5 Å². The Morgan fingerprint density at radius 3 is 2.69 bits per heavy atom. The maximum atomic E-state index is 6.25. The summed E-state index contributed by atoms with van der Waals surface area (Å²) in [5.74, 6) is 1.17. The third kappa shape index (κ3) is 3.01. The third-order valence-electron chi connectivity index (χ3n) is 5.94. The van der Waals surface area contributed by atoms with E-state index in [2.05, 4.69) is 37.7 Å². The molecule has 1 aliphatic rings. The Morgan fingerprint density at radius 1 is 0.906 bits per heavy atom. The number of nitrogens with two attached hydrogens (primary N) is 1. The first-order chi connectivity index (χ1) is 15.7. The number of hydrogen-bond donors (Lipinski definition) is 1. The molecular weight excluding hydrogens is 398 g/mol. The molecule has 0 unspecified atom stereocenters. The Labute approximate surface area is 185 Å². The molecule has 0 fully saturated rings. The molecule has 7 heteroatoms. The molecule has 0 radical (unpaired) electrons. The summed E-state index contributed by atoms with van der Waals surface area (Å²) in [5.41, 5.74) is 14.7. The Hall–Kier alpha value is -4.13. The van der Waals surface area contributed by atoms with Gasteiger partial charge < -0.3 is 5.73 Å². The highest BCUT2D eigenvalue weighted by atomic mass is 15.1. The van der Waals surface area contributed by atoms with Crippen LogP contribution in [0.4, 0.5) is 5.82 Å². The van der Waals surface area contributed by atoms with Crippen molar-refractivity contribution in [1.82, 2.24) is 29.5 Å². The van der Waals surface area contributed by atoms with E-state index >= 15 is 0 Å². The van der Waals surface area contributed by atoms with Crippen molar-refractivity contribution in [3.05, 3.63) is 77.9 Å². The molecule has 1 aliphatic carbocycles. The molecule has 6 rings (SSSR count). The molecule has 0 spiro atoms. The molecule has 7 nitrogen and oxygen atoms in total. The third-order valence-corrected chi connectivity index (χ3v) is 5.94. The van der Waals surface area contributed by atoms with Crippen LogP contribution < -0.4 is 5.73 Å². The number of anilines is 1. The monoisotopic (exact) mass is 419 g/mol. The minimum atomic E-state index is 0.440. The maximum absolute atomic E-state index is 6.25. The van der Waals surface area contributed by atoms with Gasteiger partial charge in [0.05, 0.1) is 23.1 Å². The summed E-state index contributed by atoms with van der Waals surface area (Å²) in [6.45, 7) is 1.92. The highest BCUT2D eigenvalue weighted by Gasteiger charge is 2.20. The molecule has 0 amide bonds. The van der Waals surface area contributed by atoms with Crippen LogP contribution in [-0.2, 0) is 12.8 Å². The van der Waals surface area contributed by atoms with Crippen molar-refractivity contribution in [1.29, 1.82) is 0 Å². The average Bonchev–Trinajstić information content (AvgIpc) is 3.42. The molecule has 4 heterocycles. The summed E-state index contributed by atoms with van der Waals surface area (Å²) >= 11 is 0. The number of hydrogen-bond acceptors (Lipinski definition) is 6. The van der Waals surface area contributed by atoms with E-state index in [4.69, 9.17) is 15.7 Å². The molecule has 0 saturated carbocycles. The Balaban J connectivity index is 1.63. The molecule has 0 saturated heterocycles. The number of rotatable bonds is 3. The van der Waals surface area contributed by atoms with Crippen molar-refractivity contribution < 1.29 is 0 Å². The number of aryl methyl sites for hydroxylation is 3. The van der Waals surface area contributed by atoms with Gasteiger partial charge >= 0.3 is 0 Å². The van der Waals surface area contributed by atoms with Gasteiger partial charge in [-0.1, -0.05) is 6.07 Å². The van der Waals surface area contributed by atoms with Crippen LogP contribution in [-0.4, -0.2) is 29.5 Å². The van der Waals surface area contributed by atoms with Crippen LogP contribution in [0.3, 0.4) is 0 Å². The van der Waals surface area contributed by atoms with Gasteiger partial charge in [-0.25, -0.2) is 19.9 Å². The minimum Gasteiger partial charge on any atom is -0.383 e. The number of aromatic nitrogens is 6. The molecule has 2 N–H and O–H groups in total. The van der Waals surface area contributed by atoms with Crippen LogP contribution >= 0.6 is 0 Å². The lowest BCUT2D eigenvalue weighted by Gasteiger charge is -2.12. The number of imidazole rings is 1. The average molecular weight is 419 g/mol. The van der Waals surface area contributed by atoms with Crippen LogP contribution in [0.25, 0.3) is 39.6 Å². The summed E-state index contributed by atoms with van der Waals surface area (Å²) in [5, 5.41) is 0. The van der Waals surface area contributed by atoms with Gasteiger partial charge in [0.2, 0.25) is 0 Å². The molecule has 5 aromatic rings. The normalized spacial score (nSPS) is 12.9. The van der Waals surface area contributed by atoms with Gasteiger partial charge in [0, 0.05) is 18.1 Å². The van der Waals surface area contributed by atoms with Gasteiger partial charge in [0.1, 0.15) is 17.0 Å². The summed E-state index contributed by atoms with van der Waals surface area (Å²) in [4.78, 5) is 23.0. The molecular formula is C25H21N7. The van der Waals surface area contributed by atoms with Crippen LogP contribution in [0.5, 0.6) is 0 Å². The fourth-order valence-electron chi connectivity index (χ4n) is 4.42. The zero-order chi connectivity index (χ0) is 21.7. The second-order valence-corrected chi connectivity index (χ2v) is 8.10. The van der Waals surface area contributed by atoms with E-state index in [-0.39, 0.29) is 0 Å². The number of benzene rings is 1. The summed E-state index contributed by atoms with van der Waals surface area (Å²) in [7, 11) is 0. The van der Waals surface area contributed by atoms with Crippen LogP contribution in [0.15, 0.2) is 61.1 Å². The van der Waals surface area contributed by atoms with Crippen molar-refractivity contribution in [2.75, 3.05) is 5.73 Å². The fourth-order valence-corrected chi connectivity index (χ4v) is 4.42. The Bertz CT molecular complexity index is 1490. The second-order valence-electron chi connectivity index (χ2n) is 8.10. The molecule has 4 aromatic heterocycles. The zero-order valence-corrected chi connectivity index (χ0v) is 17.7. The smallest absolute Gasteiger partial charge is 0.165 e. The van der Waals surface area contributed by atoms with Crippen molar-refractivity contribution >= 4 is 17.0 Å². The van der Waals surface area contributed by atoms with Crippen molar-refractivity contribution in [3.8, 4) is 28.5 Å². The highest BCUT2D eigenvalue weighted by molar-refractivity contribution is 5.84. The molecule has 156 valence electrons. The van der Waals surface area contributed by atoms with Gasteiger partial charge in [-0.3, -0.25) is 9.55 Å². The quantitative estimate of drug-likeness (QED) is 0.468. The van der Waals surface area contributed by atoms with E-state index in [1.54, 1.807) is 18.6 Å². The molecule has 1 aromatic carbocycles. The SMILES string of the molecule is Cc1cncc(-c2ccc3nc(-c4cccnc4N)n(-c4ccc5c(c4)CCC5)c3n2)n1. The Morgan fingerprint density at radius 2 is 1.81 bits per heavy atom. The zero-order valence-electron chi connectivity index (χ0n) is 17.7. The van der Waals surface area contributed by atoms with E-state index in [0.29, 0.717) is 5.82 Å². The first kappa shape index (κ1) is 18.6. The van der Waals surface area contributed by atoms with Crippen LogP contribution in [0.2, 0.25) is 0 Å². The van der Waals surface area contributed by atoms with Gasteiger partial charge in [0.15, 0.2) is 11.5 Å². The van der Waals surface area contributed by atoms with Gasteiger partial charge in [0.25, 0.3) is 0 Å². The molecule has 0 aliphatic heterocycles. The van der Waals surface area contributed by atoms with Crippen molar-refractivity contribution in [2.45, 2.75) is 26.2 Å². The number of fused-ring (bicyclic) bond motifs is 2. The topological polar surface area (TPSA) is 95.4 Å². The minimum absolute atomic E-state index is 0.440. The van der Waals surface area contributed by atoms with Crippen molar-refractivity contribution in [2.24, 2.45) is 0 Å².